The van der Waals surface area contributed by atoms with Gasteiger partial charge in [0.2, 0.25) is 6.04 Å². The van der Waals surface area contributed by atoms with Crippen molar-refractivity contribution in [3.63, 3.8) is 0 Å². The van der Waals surface area contributed by atoms with Crippen molar-refractivity contribution < 1.29 is 4.87 Å². The molecular formula is C8H14N2O2. The summed E-state index contributed by atoms with van der Waals surface area (Å²) >= 11 is 0. The van der Waals surface area contributed by atoms with Crippen LogP contribution in [-0.2, 0) is 0 Å². The minimum Gasteiger partial charge on any atom is -0.704 e. The minimum atomic E-state index is -0.0287. The van der Waals surface area contributed by atoms with Gasteiger partial charge >= 0.3 is 0 Å². The molecule has 2 aliphatic heterocycles. The van der Waals surface area contributed by atoms with E-state index in [-0.39, 0.29) is 12.1 Å². The summed E-state index contributed by atoms with van der Waals surface area (Å²) in [7, 11) is 0. The van der Waals surface area contributed by atoms with Crippen molar-refractivity contribution in [2.75, 3.05) is 0 Å². The molecule has 0 amide bonds. The van der Waals surface area contributed by atoms with E-state index in [4.69, 9.17) is 0 Å². The molecule has 0 spiro atoms. The summed E-state index contributed by atoms with van der Waals surface area (Å²) in [6.07, 6.45) is 5.82. The first-order valence-electron chi connectivity index (χ1n) is 4.71. The molecule has 68 valence electrons. The molecule has 0 aromatic rings. The summed E-state index contributed by atoms with van der Waals surface area (Å²) in [5.74, 6) is 0. The SMILES string of the molecule is O=[N+]1C2CCCCC(CC2)N1[O-]. The Hall–Kier alpha value is -0.640. The summed E-state index contributed by atoms with van der Waals surface area (Å²) in [5, 5.41) is 11.9. The fourth-order valence-corrected chi connectivity index (χ4v) is 2.20. The zero-order valence-electron chi connectivity index (χ0n) is 7.11. The molecule has 0 N–H and O–H groups in total. The predicted molar refractivity (Wildman–Crippen MR) is 44.1 cm³/mol. The van der Waals surface area contributed by atoms with Crippen LogP contribution in [0.15, 0.2) is 0 Å². The number of nitroso groups, excluding NO2 is 1. The van der Waals surface area contributed by atoms with E-state index in [9.17, 15) is 10.1 Å². The molecule has 1 aliphatic carbocycles. The van der Waals surface area contributed by atoms with E-state index in [0.29, 0.717) is 10.0 Å². The quantitative estimate of drug-likeness (QED) is 0.518. The van der Waals surface area contributed by atoms with E-state index in [1.807, 2.05) is 0 Å². The molecule has 0 aromatic heterocycles. The first kappa shape index (κ1) is 7.98. The standard InChI is InChI=1S/C8H14N2O2/c11-9-7-3-1-2-4-8(6-5-7)10(9)12/h7-8H,1-6H2. The van der Waals surface area contributed by atoms with Gasteiger partial charge in [-0.05, 0) is 19.3 Å². The first-order valence-corrected chi connectivity index (χ1v) is 4.71. The Balaban J connectivity index is 2.15. The van der Waals surface area contributed by atoms with Gasteiger partial charge in [0.25, 0.3) is 0 Å². The van der Waals surface area contributed by atoms with Crippen molar-refractivity contribution in [2.24, 2.45) is 0 Å². The normalized spacial score (nSPS) is 36.4. The third-order valence-electron chi connectivity index (χ3n) is 2.98. The van der Waals surface area contributed by atoms with Gasteiger partial charge in [-0.1, -0.05) is 6.42 Å². The zero-order chi connectivity index (χ0) is 8.55. The van der Waals surface area contributed by atoms with Gasteiger partial charge in [-0.15, -0.1) is 0 Å². The second-order valence-corrected chi connectivity index (χ2v) is 3.77. The van der Waals surface area contributed by atoms with Gasteiger partial charge in [0, 0.05) is 12.8 Å². The zero-order valence-corrected chi connectivity index (χ0v) is 7.11. The number of hydrogen-bond acceptors (Lipinski definition) is 2. The molecule has 0 aromatic carbocycles. The third kappa shape index (κ3) is 1.20. The highest BCUT2D eigenvalue weighted by Crippen LogP contribution is 2.28. The second-order valence-electron chi connectivity index (χ2n) is 3.77. The van der Waals surface area contributed by atoms with Crippen molar-refractivity contribution in [3.8, 4) is 0 Å². The van der Waals surface area contributed by atoms with Crippen LogP contribution in [0.1, 0.15) is 38.5 Å². The van der Waals surface area contributed by atoms with Gasteiger partial charge in [0.05, 0.1) is 10.9 Å². The molecule has 2 atom stereocenters. The van der Waals surface area contributed by atoms with Gasteiger partial charge in [-0.2, -0.15) is 5.17 Å². The van der Waals surface area contributed by atoms with Crippen molar-refractivity contribution in [1.29, 1.82) is 0 Å². The average Bonchev–Trinajstić information content (AvgIpc) is 2.00. The largest absolute Gasteiger partial charge is 0.704 e. The van der Waals surface area contributed by atoms with Crippen molar-refractivity contribution in [3.05, 3.63) is 10.1 Å². The highest BCUT2D eigenvalue weighted by molar-refractivity contribution is 4.76. The molecule has 2 saturated heterocycles. The van der Waals surface area contributed by atoms with Gasteiger partial charge in [-0.25, -0.2) is 0 Å². The lowest BCUT2D eigenvalue weighted by atomic mass is 9.92. The highest BCUT2D eigenvalue weighted by Gasteiger charge is 2.38. The number of fused-ring (bicyclic) bond motifs is 5. The average molecular weight is 170 g/mol. The summed E-state index contributed by atoms with van der Waals surface area (Å²) in [4.78, 5) is 11.9. The number of nitrogens with zero attached hydrogens (tertiary/aromatic N) is 2. The predicted octanol–water partition coefficient (Wildman–Crippen LogP) is 1.59. The molecule has 0 radical (unpaired) electrons. The third-order valence-corrected chi connectivity index (χ3v) is 2.98. The Labute approximate surface area is 71.7 Å². The Morgan fingerprint density at radius 3 is 2.75 bits per heavy atom. The van der Waals surface area contributed by atoms with E-state index in [1.54, 1.807) is 0 Å². The maximum atomic E-state index is 11.3. The fraction of sp³-hybridized carbons (Fsp3) is 1.00. The Morgan fingerprint density at radius 1 is 1.17 bits per heavy atom. The van der Waals surface area contributed by atoms with Gasteiger partial charge in [0.1, 0.15) is 4.87 Å². The summed E-state index contributed by atoms with van der Waals surface area (Å²) in [6.45, 7) is 0. The first-order chi connectivity index (χ1) is 5.79. The Bertz CT molecular complexity index is 187. The van der Waals surface area contributed by atoms with Crippen LogP contribution in [0.5, 0.6) is 0 Å². The Kier molecular flexibility index (Phi) is 2.00. The Morgan fingerprint density at radius 2 is 1.92 bits per heavy atom. The van der Waals surface area contributed by atoms with Crippen LogP contribution in [-0.4, -0.2) is 22.1 Å². The molecule has 4 heteroatoms. The van der Waals surface area contributed by atoms with E-state index >= 15 is 0 Å². The van der Waals surface area contributed by atoms with Crippen LogP contribution in [0, 0.1) is 10.1 Å². The molecule has 2 heterocycles. The maximum absolute atomic E-state index is 11.3. The van der Waals surface area contributed by atoms with Crippen molar-refractivity contribution >= 4 is 0 Å². The van der Waals surface area contributed by atoms with Crippen LogP contribution in [0.2, 0.25) is 0 Å². The number of hydroxylamine groups is 1. The molecule has 4 nitrogen and oxygen atoms in total. The van der Waals surface area contributed by atoms with E-state index < -0.39 is 0 Å². The summed E-state index contributed by atoms with van der Waals surface area (Å²) < 4.78 is 0. The van der Waals surface area contributed by atoms with Crippen molar-refractivity contribution in [1.82, 2.24) is 5.17 Å². The van der Waals surface area contributed by atoms with Crippen LogP contribution >= 0.6 is 0 Å². The van der Waals surface area contributed by atoms with Crippen LogP contribution in [0.4, 0.5) is 0 Å². The second kappa shape index (κ2) is 3.01. The monoisotopic (exact) mass is 170 g/mol. The lowest BCUT2D eigenvalue weighted by Gasteiger charge is -2.37. The highest BCUT2D eigenvalue weighted by atomic mass is 16.6. The molecule has 1 saturated carbocycles. The molecule has 2 unspecified atom stereocenters. The molecule has 3 aliphatic rings. The summed E-state index contributed by atoms with van der Waals surface area (Å²) in [6, 6.07) is -0.0573. The topological polar surface area (TPSA) is 46.4 Å². The minimum absolute atomic E-state index is 0.0287. The maximum Gasteiger partial charge on any atom is 0.233 e. The number of hydrazine groups is 1. The van der Waals surface area contributed by atoms with Crippen LogP contribution < -0.4 is 0 Å². The van der Waals surface area contributed by atoms with Crippen molar-refractivity contribution in [2.45, 2.75) is 50.6 Å². The van der Waals surface area contributed by atoms with Crippen LogP contribution in [0.25, 0.3) is 0 Å². The van der Waals surface area contributed by atoms with Crippen LogP contribution in [0.3, 0.4) is 0 Å². The van der Waals surface area contributed by atoms with E-state index in [1.165, 1.54) is 0 Å². The number of rotatable bonds is 0. The van der Waals surface area contributed by atoms with Gasteiger partial charge in [0.15, 0.2) is 0 Å². The molecular weight excluding hydrogens is 156 g/mol. The smallest absolute Gasteiger partial charge is 0.233 e. The molecule has 3 rings (SSSR count). The van der Waals surface area contributed by atoms with Gasteiger partial charge in [-0.3, -0.25) is 0 Å². The fourth-order valence-electron chi connectivity index (χ4n) is 2.20. The molecule has 2 bridgehead atoms. The number of hydrogen-bond donors (Lipinski definition) is 0. The van der Waals surface area contributed by atoms with E-state index in [2.05, 4.69) is 0 Å². The van der Waals surface area contributed by atoms with Gasteiger partial charge < -0.3 is 5.21 Å². The van der Waals surface area contributed by atoms with E-state index in [0.717, 1.165) is 38.5 Å². The summed E-state index contributed by atoms with van der Waals surface area (Å²) in [5.41, 5.74) is 0. The lowest BCUT2D eigenvalue weighted by molar-refractivity contribution is -0.741. The lowest BCUT2D eigenvalue weighted by Crippen LogP contribution is -2.48. The molecule has 3 fully saturated rings. The molecule has 12 heavy (non-hydrogen) atoms.